The van der Waals surface area contributed by atoms with Gasteiger partial charge >= 0.3 is 0 Å². The molecule has 1 aliphatic rings. The number of aromatic nitrogens is 2. The van der Waals surface area contributed by atoms with Gasteiger partial charge in [0, 0.05) is 30.8 Å². The topological polar surface area (TPSA) is 88.3 Å². The minimum atomic E-state index is -0.196. The van der Waals surface area contributed by atoms with Crippen LogP contribution in [0.1, 0.15) is 28.7 Å². The van der Waals surface area contributed by atoms with Crippen molar-refractivity contribution in [2.45, 2.75) is 26.0 Å². The summed E-state index contributed by atoms with van der Waals surface area (Å²) >= 11 is 0. The van der Waals surface area contributed by atoms with Crippen molar-refractivity contribution in [3.05, 3.63) is 41.2 Å². The van der Waals surface area contributed by atoms with Gasteiger partial charge in [0.2, 0.25) is 0 Å². The van der Waals surface area contributed by atoms with E-state index in [4.69, 9.17) is 9.47 Å². The lowest BCUT2D eigenvalue weighted by Crippen LogP contribution is -2.35. The Kier molecular flexibility index (Phi) is 5.00. The fourth-order valence-electron chi connectivity index (χ4n) is 2.71. The van der Waals surface area contributed by atoms with E-state index in [-0.39, 0.29) is 12.0 Å². The number of nitrogens with zero attached hydrogens (tertiary/aromatic N) is 1. The number of hydrogen-bond acceptors (Lipinski definition) is 5. The first-order chi connectivity index (χ1) is 11.7. The number of amides is 1. The highest BCUT2D eigenvalue weighted by atomic mass is 16.5. The van der Waals surface area contributed by atoms with Crippen molar-refractivity contribution in [2.24, 2.45) is 0 Å². The summed E-state index contributed by atoms with van der Waals surface area (Å²) in [5.74, 6) is 1.14. The van der Waals surface area contributed by atoms with Crippen molar-refractivity contribution in [3.8, 4) is 11.5 Å². The molecule has 0 saturated heterocycles. The highest BCUT2D eigenvalue weighted by molar-refractivity contribution is 5.94. The van der Waals surface area contributed by atoms with Crippen LogP contribution in [-0.2, 0) is 13.0 Å². The number of H-pyrrole nitrogens is 1. The van der Waals surface area contributed by atoms with E-state index in [0.717, 1.165) is 24.2 Å². The van der Waals surface area contributed by atoms with Crippen LogP contribution < -0.4 is 20.1 Å². The number of nitrogens with one attached hydrogen (secondary N) is 3. The van der Waals surface area contributed by atoms with Gasteiger partial charge in [0.15, 0.2) is 17.2 Å². The molecule has 0 spiro atoms. The molecule has 0 fully saturated rings. The Morgan fingerprint density at radius 3 is 2.96 bits per heavy atom. The maximum absolute atomic E-state index is 12.4. The van der Waals surface area contributed by atoms with Crippen molar-refractivity contribution in [1.29, 1.82) is 0 Å². The van der Waals surface area contributed by atoms with Gasteiger partial charge < -0.3 is 20.1 Å². The van der Waals surface area contributed by atoms with Crippen molar-refractivity contribution >= 4 is 5.91 Å². The molecule has 1 amide bonds. The van der Waals surface area contributed by atoms with Crippen molar-refractivity contribution in [3.63, 3.8) is 0 Å². The van der Waals surface area contributed by atoms with Crippen molar-refractivity contribution in [1.82, 2.24) is 20.8 Å². The minimum absolute atomic E-state index is 0.188. The van der Waals surface area contributed by atoms with E-state index in [1.165, 1.54) is 0 Å². The summed E-state index contributed by atoms with van der Waals surface area (Å²) < 4.78 is 11.1. The predicted octanol–water partition coefficient (Wildman–Crippen LogP) is 1.26. The Balaban J connectivity index is 1.57. The summed E-state index contributed by atoms with van der Waals surface area (Å²) in [5.41, 5.74) is 2.45. The van der Waals surface area contributed by atoms with Crippen LogP contribution in [0.15, 0.2) is 24.3 Å². The molecular formula is C17H22N4O3. The Morgan fingerprint density at radius 2 is 2.17 bits per heavy atom. The molecule has 1 unspecified atom stereocenters. The van der Waals surface area contributed by atoms with E-state index in [1.54, 1.807) is 7.11 Å². The molecule has 0 aliphatic carbocycles. The van der Waals surface area contributed by atoms with Crippen molar-refractivity contribution in [2.75, 3.05) is 20.2 Å². The highest BCUT2D eigenvalue weighted by Gasteiger charge is 2.21. The number of benzene rings is 1. The first kappa shape index (κ1) is 16.3. The van der Waals surface area contributed by atoms with Crippen LogP contribution in [0.2, 0.25) is 0 Å². The van der Waals surface area contributed by atoms with Gasteiger partial charge in [0.05, 0.1) is 13.7 Å². The lowest BCUT2D eigenvalue weighted by atomic mass is 10.1. The summed E-state index contributed by atoms with van der Waals surface area (Å²) in [6, 6.07) is 7.44. The average molecular weight is 330 g/mol. The lowest BCUT2D eigenvalue weighted by molar-refractivity contribution is 0.0925. The Labute approximate surface area is 140 Å². The van der Waals surface area contributed by atoms with E-state index < -0.39 is 0 Å². The molecule has 1 aromatic heterocycles. The van der Waals surface area contributed by atoms with E-state index in [9.17, 15) is 4.79 Å². The number of aromatic amines is 1. The number of fused-ring (bicyclic) bond motifs is 1. The summed E-state index contributed by atoms with van der Waals surface area (Å²) in [7, 11) is 1.60. The fourth-order valence-corrected chi connectivity index (χ4v) is 2.71. The smallest absolute Gasteiger partial charge is 0.272 e. The third kappa shape index (κ3) is 3.51. The van der Waals surface area contributed by atoms with Gasteiger partial charge in [-0.05, 0) is 19.1 Å². The largest absolute Gasteiger partial charge is 0.493 e. The second kappa shape index (κ2) is 7.35. The molecule has 0 radical (unpaired) electrons. The molecule has 3 rings (SSSR count). The lowest BCUT2D eigenvalue weighted by Gasteiger charge is -2.17. The molecule has 128 valence electrons. The van der Waals surface area contributed by atoms with Crippen LogP contribution in [-0.4, -0.2) is 42.4 Å². The zero-order valence-electron chi connectivity index (χ0n) is 13.9. The molecule has 0 bridgehead atoms. The molecule has 3 N–H and O–H groups in total. The van der Waals surface area contributed by atoms with Crippen LogP contribution in [0.4, 0.5) is 0 Å². The molecule has 1 aliphatic heterocycles. The van der Waals surface area contributed by atoms with E-state index >= 15 is 0 Å². The number of rotatable bonds is 6. The minimum Gasteiger partial charge on any atom is -0.493 e. The predicted molar refractivity (Wildman–Crippen MR) is 89.4 cm³/mol. The SMILES string of the molecule is COc1ccccc1OC(C)CNC(=O)c1n[nH]c2c1CNCC2. The van der Waals surface area contributed by atoms with Gasteiger partial charge in [-0.25, -0.2) is 0 Å². The third-order valence-corrected chi connectivity index (χ3v) is 3.97. The normalized spacial score (nSPS) is 14.6. The molecule has 1 atom stereocenters. The van der Waals surface area contributed by atoms with Gasteiger partial charge in [-0.15, -0.1) is 0 Å². The second-order valence-electron chi connectivity index (χ2n) is 5.75. The first-order valence-corrected chi connectivity index (χ1v) is 8.03. The summed E-state index contributed by atoms with van der Waals surface area (Å²) in [6.45, 7) is 3.85. The number of ether oxygens (including phenoxy) is 2. The quantitative estimate of drug-likeness (QED) is 0.742. The van der Waals surface area contributed by atoms with Gasteiger partial charge in [-0.2, -0.15) is 5.10 Å². The zero-order chi connectivity index (χ0) is 16.9. The molecule has 7 nitrogen and oxygen atoms in total. The number of carbonyl (C=O) groups is 1. The van der Waals surface area contributed by atoms with Crippen LogP contribution in [0, 0.1) is 0 Å². The summed E-state index contributed by atoms with van der Waals surface area (Å²) in [5, 5.41) is 13.2. The molecule has 2 heterocycles. The van der Waals surface area contributed by atoms with E-state index in [2.05, 4.69) is 20.8 Å². The number of carbonyl (C=O) groups excluding carboxylic acids is 1. The summed E-state index contributed by atoms with van der Waals surface area (Å²) in [4.78, 5) is 12.4. The maximum atomic E-state index is 12.4. The van der Waals surface area contributed by atoms with Gasteiger partial charge in [-0.1, -0.05) is 12.1 Å². The second-order valence-corrected chi connectivity index (χ2v) is 5.75. The van der Waals surface area contributed by atoms with Gasteiger partial charge in [-0.3, -0.25) is 9.89 Å². The number of methoxy groups -OCH3 is 1. The molecular weight excluding hydrogens is 308 g/mol. The molecule has 1 aromatic carbocycles. The summed E-state index contributed by atoms with van der Waals surface area (Å²) in [6.07, 6.45) is 0.668. The maximum Gasteiger partial charge on any atom is 0.272 e. The number of hydrogen-bond donors (Lipinski definition) is 3. The molecule has 2 aromatic rings. The average Bonchev–Trinajstić information content (AvgIpc) is 3.04. The third-order valence-electron chi connectivity index (χ3n) is 3.97. The zero-order valence-corrected chi connectivity index (χ0v) is 13.9. The van der Waals surface area contributed by atoms with Crippen LogP contribution >= 0.6 is 0 Å². The molecule has 0 saturated carbocycles. The first-order valence-electron chi connectivity index (χ1n) is 8.03. The fraction of sp³-hybridized carbons (Fsp3) is 0.412. The highest BCUT2D eigenvalue weighted by Crippen LogP contribution is 2.26. The van der Waals surface area contributed by atoms with E-state index in [1.807, 2.05) is 31.2 Å². The van der Waals surface area contributed by atoms with Crippen LogP contribution in [0.25, 0.3) is 0 Å². The van der Waals surface area contributed by atoms with Crippen LogP contribution in [0.5, 0.6) is 11.5 Å². The monoisotopic (exact) mass is 330 g/mol. The van der Waals surface area contributed by atoms with E-state index in [0.29, 0.717) is 30.3 Å². The van der Waals surface area contributed by atoms with Crippen LogP contribution in [0.3, 0.4) is 0 Å². The Hall–Kier alpha value is -2.54. The molecule has 7 heteroatoms. The Morgan fingerprint density at radius 1 is 1.38 bits per heavy atom. The number of para-hydroxylation sites is 2. The molecule has 24 heavy (non-hydrogen) atoms. The Bertz CT molecular complexity index is 714. The van der Waals surface area contributed by atoms with Gasteiger partial charge in [0.25, 0.3) is 5.91 Å². The standard InChI is InChI=1S/C17H22N4O3/c1-11(24-15-6-4-3-5-14(15)23-2)9-19-17(22)16-12-10-18-8-7-13(12)20-21-16/h3-6,11,18H,7-10H2,1-2H3,(H,19,22)(H,20,21). The van der Waals surface area contributed by atoms with Crippen molar-refractivity contribution < 1.29 is 14.3 Å². The van der Waals surface area contributed by atoms with Gasteiger partial charge in [0.1, 0.15) is 6.10 Å².